The molecule has 0 amide bonds. The number of ether oxygens (including phenoxy) is 2. The van der Waals surface area contributed by atoms with Crippen LogP contribution in [0.15, 0.2) is 48.5 Å². The molecule has 4 nitrogen and oxygen atoms in total. The first-order valence-corrected chi connectivity index (χ1v) is 7.65. The minimum Gasteiger partial charge on any atom is -0.462 e. The Bertz CT molecular complexity index is 708. The highest BCUT2D eigenvalue weighted by Gasteiger charge is 2.19. The third kappa shape index (κ3) is 4.91. The third-order valence-corrected chi connectivity index (χ3v) is 3.20. The molecule has 2 aromatic carbocycles. The molecule has 0 atom stereocenters. The van der Waals surface area contributed by atoms with Crippen molar-refractivity contribution in [2.45, 2.75) is 20.5 Å². The van der Waals surface area contributed by atoms with Crippen molar-refractivity contribution in [2.24, 2.45) is 5.92 Å². The molecular weight excluding hydrogens is 311 g/mol. The lowest BCUT2D eigenvalue weighted by atomic mass is 10.1. The van der Waals surface area contributed by atoms with Crippen molar-refractivity contribution in [3.05, 3.63) is 71.0 Å². The second kappa shape index (κ2) is 8.24. The molecule has 0 saturated heterocycles. The number of rotatable bonds is 6. The van der Waals surface area contributed by atoms with Gasteiger partial charge in [0.05, 0.1) is 17.7 Å². The van der Waals surface area contributed by atoms with Crippen molar-refractivity contribution in [3.8, 4) is 0 Å². The number of esters is 2. The van der Waals surface area contributed by atoms with Gasteiger partial charge in [0, 0.05) is 0 Å². The average molecular weight is 330 g/mol. The van der Waals surface area contributed by atoms with Crippen molar-refractivity contribution in [1.29, 1.82) is 0 Å². The molecule has 0 aliphatic heterocycles. The summed E-state index contributed by atoms with van der Waals surface area (Å²) in [5.74, 6) is -1.34. The fraction of sp³-hybridized carbons (Fsp3) is 0.263. The minimum absolute atomic E-state index is 0.00547. The predicted octanol–water partition coefficient (Wildman–Crippen LogP) is 4.00. The maximum Gasteiger partial charge on any atom is 0.339 e. The van der Waals surface area contributed by atoms with Gasteiger partial charge in [0.15, 0.2) is 0 Å². The lowest BCUT2D eigenvalue weighted by Gasteiger charge is -2.11. The van der Waals surface area contributed by atoms with Crippen LogP contribution in [-0.2, 0) is 16.1 Å². The smallest absolute Gasteiger partial charge is 0.339 e. The van der Waals surface area contributed by atoms with Crippen LogP contribution in [0, 0.1) is 11.7 Å². The Labute approximate surface area is 140 Å². The fourth-order valence-corrected chi connectivity index (χ4v) is 1.97. The molecule has 0 aliphatic carbocycles. The summed E-state index contributed by atoms with van der Waals surface area (Å²) in [6.45, 7) is 4.12. The highest BCUT2D eigenvalue weighted by Crippen LogP contribution is 2.14. The van der Waals surface area contributed by atoms with E-state index in [1.807, 2.05) is 13.8 Å². The van der Waals surface area contributed by atoms with Gasteiger partial charge in [-0.2, -0.15) is 0 Å². The molecule has 0 unspecified atom stereocenters. The van der Waals surface area contributed by atoms with Crippen molar-refractivity contribution >= 4 is 11.9 Å². The van der Waals surface area contributed by atoms with E-state index >= 15 is 0 Å². The van der Waals surface area contributed by atoms with Crippen LogP contribution >= 0.6 is 0 Å². The molecule has 2 aromatic rings. The lowest BCUT2D eigenvalue weighted by molar-refractivity contribution is 0.0418. The van der Waals surface area contributed by atoms with Crippen LogP contribution in [0.1, 0.15) is 40.1 Å². The summed E-state index contributed by atoms with van der Waals surface area (Å²) in [7, 11) is 0. The largest absolute Gasteiger partial charge is 0.462 e. The average Bonchev–Trinajstić information content (AvgIpc) is 2.59. The van der Waals surface area contributed by atoms with E-state index in [2.05, 4.69) is 0 Å². The first-order valence-electron chi connectivity index (χ1n) is 7.65. The second-order valence-corrected chi connectivity index (χ2v) is 5.74. The molecular formula is C19H19FO4. The third-order valence-electron chi connectivity index (χ3n) is 3.20. The summed E-state index contributed by atoms with van der Waals surface area (Å²) in [5, 5.41) is 0. The number of benzene rings is 2. The van der Waals surface area contributed by atoms with Crippen molar-refractivity contribution in [1.82, 2.24) is 0 Å². The SMILES string of the molecule is CC(C)COC(=O)c1ccccc1C(=O)OCc1ccc(F)cc1. The Hall–Kier alpha value is -2.69. The van der Waals surface area contributed by atoms with E-state index in [1.165, 1.54) is 36.4 Å². The fourth-order valence-electron chi connectivity index (χ4n) is 1.97. The zero-order chi connectivity index (χ0) is 17.5. The Morgan fingerprint density at radius 2 is 1.46 bits per heavy atom. The van der Waals surface area contributed by atoms with Crippen molar-refractivity contribution in [2.75, 3.05) is 6.61 Å². The summed E-state index contributed by atoms with van der Waals surface area (Å²) in [5.41, 5.74) is 0.972. The molecule has 0 heterocycles. The van der Waals surface area contributed by atoms with Crippen LogP contribution in [0.2, 0.25) is 0 Å². The highest BCUT2D eigenvalue weighted by atomic mass is 19.1. The number of carbonyl (C=O) groups is 2. The van der Waals surface area contributed by atoms with Gasteiger partial charge in [-0.05, 0) is 35.7 Å². The van der Waals surface area contributed by atoms with Crippen LogP contribution in [0.25, 0.3) is 0 Å². The molecule has 0 fully saturated rings. The van der Waals surface area contributed by atoms with Gasteiger partial charge in [0.2, 0.25) is 0 Å². The van der Waals surface area contributed by atoms with Crippen LogP contribution in [-0.4, -0.2) is 18.5 Å². The first kappa shape index (κ1) is 17.7. The molecule has 0 N–H and O–H groups in total. The molecule has 0 bridgehead atoms. The molecule has 126 valence electrons. The Kier molecular flexibility index (Phi) is 6.07. The van der Waals surface area contributed by atoms with E-state index in [0.29, 0.717) is 5.56 Å². The predicted molar refractivity (Wildman–Crippen MR) is 87.1 cm³/mol. The minimum atomic E-state index is -0.628. The summed E-state index contributed by atoms with van der Waals surface area (Å²) >= 11 is 0. The Balaban J connectivity index is 2.06. The van der Waals surface area contributed by atoms with E-state index in [1.54, 1.807) is 12.1 Å². The standard InChI is InChI=1S/C19H19FO4/c1-13(2)11-23-18(21)16-5-3-4-6-17(16)19(22)24-12-14-7-9-15(20)10-8-14/h3-10,13H,11-12H2,1-2H3. The van der Waals surface area contributed by atoms with Crippen molar-refractivity contribution < 1.29 is 23.5 Å². The summed E-state index contributed by atoms with van der Waals surface area (Å²) in [6.07, 6.45) is 0. The second-order valence-electron chi connectivity index (χ2n) is 5.74. The van der Waals surface area contributed by atoms with Gasteiger partial charge in [-0.3, -0.25) is 0 Å². The quantitative estimate of drug-likeness (QED) is 0.751. The van der Waals surface area contributed by atoms with Crippen LogP contribution in [0.4, 0.5) is 4.39 Å². The summed E-state index contributed by atoms with van der Waals surface area (Å²) in [4.78, 5) is 24.4. The maximum absolute atomic E-state index is 12.9. The Morgan fingerprint density at radius 3 is 2.00 bits per heavy atom. The lowest BCUT2D eigenvalue weighted by Crippen LogP contribution is -2.15. The molecule has 2 rings (SSSR count). The van der Waals surface area contributed by atoms with Gasteiger partial charge >= 0.3 is 11.9 Å². The van der Waals surface area contributed by atoms with Gasteiger partial charge in [-0.25, -0.2) is 14.0 Å². The van der Waals surface area contributed by atoms with Gasteiger partial charge in [-0.1, -0.05) is 38.1 Å². The Morgan fingerprint density at radius 1 is 0.917 bits per heavy atom. The summed E-state index contributed by atoms with van der Waals surface area (Å²) < 4.78 is 23.2. The first-order chi connectivity index (χ1) is 11.5. The van der Waals surface area contributed by atoms with Crippen LogP contribution < -0.4 is 0 Å². The van der Waals surface area contributed by atoms with Gasteiger partial charge in [-0.15, -0.1) is 0 Å². The van der Waals surface area contributed by atoms with E-state index in [0.717, 1.165) is 0 Å². The van der Waals surface area contributed by atoms with E-state index in [9.17, 15) is 14.0 Å². The summed E-state index contributed by atoms with van der Waals surface area (Å²) in [6, 6.07) is 12.0. The van der Waals surface area contributed by atoms with E-state index in [4.69, 9.17) is 9.47 Å². The van der Waals surface area contributed by atoms with E-state index in [-0.39, 0.29) is 36.1 Å². The number of halogens is 1. The molecule has 0 aliphatic rings. The van der Waals surface area contributed by atoms with Crippen molar-refractivity contribution in [3.63, 3.8) is 0 Å². The van der Waals surface area contributed by atoms with Crippen LogP contribution in [0.5, 0.6) is 0 Å². The zero-order valence-corrected chi connectivity index (χ0v) is 13.6. The molecule has 24 heavy (non-hydrogen) atoms. The molecule has 0 radical (unpaired) electrons. The highest BCUT2D eigenvalue weighted by molar-refractivity contribution is 6.03. The number of carbonyl (C=O) groups excluding carboxylic acids is 2. The van der Waals surface area contributed by atoms with Gasteiger partial charge in [0.25, 0.3) is 0 Å². The monoisotopic (exact) mass is 330 g/mol. The molecule has 0 spiro atoms. The molecule has 5 heteroatoms. The number of hydrogen-bond acceptors (Lipinski definition) is 4. The van der Waals surface area contributed by atoms with Gasteiger partial charge < -0.3 is 9.47 Å². The zero-order valence-electron chi connectivity index (χ0n) is 13.6. The molecule has 0 aromatic heterocycles. The number of hydrogen-bond donors (Lipinski definition) is 0. The maximum atomic E-state index is 12.9. The van der Waals surface area contributed by atoms with Gasteiger partial charge in [0.1, 0.15) is 12.4 Å². The van der Waals surface area contributed by atoms with Crippen LogP contribution in [0.3, 0.4) is 0 Å². The van der Waals surface area contributed by atoms with E-state index < -0.39 is 11.9 Å². The molecule has 0 saturated carbocycles. The normalized spacial score (nSPS) is 10.5. The topological polar surface area (TPSA) is 52.6 Å².